The number of halogens is 3. The van der Waals surface area contributed by atoms with E-state index in [0.29, 0.717) is 24.8 Å². The molecule has 2 aromatic rings. The van der Waals surface area contributed by atoms with Gasteiger partial charge < -0.3 is 15.0 Å². The van der Waals surface area contributed by atoms with Gasteiger partial charge >= 0.3 is 5.97 Å². The molecule has 6 nitrogen and oxygen atoms in total. The van der Waals surface area contributed by atoms with Gasteiger partial charge in [0.25, 0.3) is 0 Å². The number of likely N-dealkylation sites (tertiary alicyclic amines) is 1. The lowest BCUT2D eigenvalue weighted by atomic mass is 10.0. The van der Waals surface area contributed by atoms with Crippen LogP contribution in [-0.2, 0) is 16.0 Å². The molecule has 11 heteroatoms. The fraction of sp³-hybridized carbons (Fsp3) is 0.804. The van der Waals surface area contributed by atoms with Crippen LogP contribution in [0, 0.1) is 0 Å². The molecule has 0 aliphatic carbocycles. The van der Waals surface area contributed by atoms with Crippen molar-refractivity contribution in [1.82, 2.24) is 15.2 Å². The standard InChI is InChI=1S/C29H51N3O3S2.C16H25I.C11H23Br.ClH/c1-3-5-7-9-10-11-12-14-16-21-35-28(34)26-24-37-29(31-26)36-22-20-32-25(17-18-27(32)33)23-30-19-15-13-8-6-4-2;17-15-11-6-4-2-1-3-5-8-12-16-13-9-7-10-14-16;1-2-3-4-5-6-7-8-9-10-11-12;/h24-25,30H,3-23H2,1-2H3;7,9-10,13-14H,1-6,8,11-12,15H2;2-11H2,1H3;1H/t25-;;;/m1.../s1. The topological polar surface area (TPSA) is 71.5 Å². The number of aryl methyl sites for hydroxylation is 1. The summed E-state index contributed by atoms with van der Waals surface area (Å²) in [4.78, 5) is 31.2. The molecule has 0 unspecified atom stereocenters. The number of nitrogens with one attached hydrogen (secondary N) is 1. The van der Waals surface area contributed by atoms with Crippen molar-refractivity contribution in [2.45, 2.75) is 249 Å². The number of thiazole rings is 1. The molecular weight excluding hydrogens is 1070 g/mol. The zero-order valence-electron chi connectivity index (χ0n) is 43.1. The molecule has 1 N–H and O–H groups in total. The van der Waals surface area contributed by atoms with Crippen LogP contribution < -0.4 is 5.32 Å². The average molecular weight is 1170 g/mol. The summed E-state index contributed by atoms with van der Waals surface area (Å²) in [7, 11) is 0. The van der Waals surface area contributed by atoms with Crippen LogP contribution in [0.5, 0.6) is 0 Å². The summed E-state index contributed by atoms with van der Waals surface area (Å²) in [6.07, 6.45) is 44.7. The highest BCUT2D eigenvalue weighted by Gasteiger charge is 2.30. The molecule has 0 bridgehead atoms. The SMILES string of the molecule is CCCCCCCCCCCBr.CCCCCCCCCCCOC(=O)c1csc(SCCN2C(=O)CC[C@@H]2CNCCCCCCC)n1.Cl.ICCCCCCCCCCc1ccccc1. The predicted octanol–water partition coefficient (Wildman–Crippen LogP) is 18.6. The molecule has 0 radical (unpaired) electrons. The molecule has 390 valence electrons. The van der Waals surface area contributed by atoms with Crippen LogP contribution in [0.2, 0.25) is 0 Å². The van der Waals surface area contributed by atoms with Crippen molar-refractivity contribution in [2.75, 3.05) is 41.8 Å². The minimum absolute atomic E-state index is 0. The quantitative estimate of drug-likeness (QED) is 0.0235. The van der Waals surface area contributed by atoms with Gasteiger partial charge in [-0.1, -0.05) is 268 Å². The van der Waals surface area contributed by atoms with E-state index in [1.807, 2.05) is 4.90 Å². The second kappa shape index (κ2) is 51.9. The van der Waals surface area contributed by atoms with Gasteiger partial charge in [0.1, 0.15) is 0 Å². The highest BCUT2D eigenvalue weighted by atomic mass is 127. The highest BCUT2D eigenvalue weighted by Crippen LogP contribution is 2.25. The first-order valence-electron chi connectivity index (χ1n) is 27.4. The number of thioether (sulfide) groups is 1. The molecule has 1 fully saturated rings. The van der Waals surface area contributed by atoms with Gasteiger partial charge in [0, 0.05) is 42.0 Å². The van der Waals surface area contributed by atoms with Crippen LogP contribution in [0.3, 0.4) is 0 Å². The summed E-state index contributed by atoms with van der Waals surface area (Å²) in [5, 5.41) is 6.53. The molecule has 1 saturated heterocycles. The van der Waals surface area contributed by atoms with E-state index >= 15 is 0 Å². The maximum atomic E-state index is 12.4. The third-order valence-corrected chi connectivity index (χ3v) is 15.8. The highest BCUT2D eigenvalue weighted by molar-refractivity contribution is 14.1. The monoisotopic (exact) mass is 1170 g/mol. The van der Waals surface area contributed by atoms with E-state index in [2.05, 4.69) is 99.9 Å². The van der Waals surface area contributed by atoms with Gasteiger partial charge in [0.15, 0.2) is 10.0 Å². The largest absolute Gasteiger partial charge is 0.461 e. The third-order valence-electron chi connectivity index (χ3n) is 12.4. The minimum atomic E-state index is -0.321. The number of amides is 1. The second-order valence-electron chi connectivity index (χ2n) is 18.5. The molecule has 1 atom stereocenters. The normalized spacial score (nSPS) is 13.2. The maximum Gasteiger partial charge on any atom is 0.357 e. The van der Waals surface area contributed by atoms with Crippen molar-refractivity contribution in [2.24, 2.45) is 0 Å². The van der Waals surface area contributed by atoms with Crippen molar-refractivity contribution in [1.29, 1.82) is 0 Å². The molecular formula is C56H100BrClIN3O3S2. The van der Waals surface area contributed by atoms with Crippen LogP contribution >= 0.6 is 74.0 Å². The van der Waals surface area contributed by atoms with Gasteiger partial charge in [-0.3, -0.25) is 4.79 Å². The summed E-state index contributed by atoms with van der Waals surface area (Å²) in [6, 6.07) is 11.2. The Hall–Kier alpha value is -0.400. The van der Waals surface area contributed by atoms with Gasteiger partial charge in [0.2, 0.25) is 5.91 Å². The average Bonchev–Trinajstić information content (AvgIpc) is 3.96. The molecule has 0 saturated carbocycles. The number of carbonyl (C=O) groups is 2. The second-order valence-corrected chi connectivity index (χ2v) is 22.6. The van der Waals surface area contributed by atoms with Crippen molar-refractivity contribution in [3.63, 3.8) is 0 Å². The zero-order valence-corrected chi connectivity index (χ0v) is 49.3. The number of alkyl halides is 2. The maximum absolute atomic E-state index is 12.4. The van der Waals surface area contributed by atoms with Crippen molar-refractivity contribution in [3.8, 4) is 0 Å². The van der Waals surface area contributed by atoms with E-state index < -0.39 is 0 Å². The fourth-order valence-electron chi connectivity index (χ4n) is 8.27. The van der Waals surface area contributed by atoms with E-state index in [1.165, 1.54) is 219 Å². The van der Waals surface area contributed by atoms with Gasteiger partial charge in [-0.2, -0.15) is 0 Å². The molecule has 0 spiro atoms. The number of carbonyl (C=O) groups excluding carboxylic acids is 2. The first kappa shape index (κ1) is 66.6. The molecule has 1 aliphatic rings. The smallest absolute Gasteiger partial charge is 0.357 e. The Labute approximate surface area is 450 Å². The molecule has 1 aromatic heterocycles. The Balaban J connectivity index is 0.00000119. The summed E-state index contributed by atoms with van der Waals surface area (Å²) < 4.78 is 7.62. The third kappa shape index (κ3) is 40.8. The first-order valence-corrected chi connectivity index (χ1v) is 31.9. The molecule has 3 rings (SSSR count). The van der Waals surface area contributed by atoms with E-state index in [4.69, 9.17) is 4.74 Å². The van der Waals surface area contributed by atoms with E-state index in [9.17, 15) is 9.59 Å². The zero-order chi connectivity index (χ0) is 47.8. The Bertz CT molecular complexity index is 1340. The number of ether oxygens (including phenoxy) is 1. The van der Waals surface area contributed by atoms with E-state index in [1.54, 1.807) is 17.1 Å². The Morgan fingerprint density at radius 2 is 1.24 bits per heavy atom. The van der Waals surface area contributed by atoms with Crippen LogP contribution in [0.15, 0.2) is 40.1 Å². The molecule has 67 heavy (non-hydrogen) atoms. The molecule has 1 aliphatic heterocycles. The number of nitrogens with zero attached hydrogens (tertiary/aromatic N) is 2. The lowest BCUT2D eigenvalue weighted by Gasteiger charge is -2.25. The first-order chi connectivity index (χ1) is 32.5. The number of esters is 1. The lowest BCUT2D eigenvalue weighted by Crippen LogP contribution is -2.41. The summed E-state index contributed by atoms with van der Waals surface area (Å²) >= 11 is 9.02. The number of hydrogen-bond donors (Lipinski definition) is 1. The fourth-order valence-corrected chi connectivity index (χ4v) is 11.0. The van der Waals surface area contributed by atoms with E-state index in [-0.39, 0.29) is 24.3 Å². The van der Waals surface area contributed by atoms with Crippen molar-refractivity contribution >= 4 is 85.9 Å². The number of hydrogen-bond acceptors (Lipinski definition) is 7. The van der Waals surface area contributed by atoms with Gasteiger partial charge in [-0.15, -0.1) is 23.7 Å². The van der Waals surface area contributed by atoms with Crippen LogP contribution in [0.4, 0.5) is 0 Å². The minimum Gasteiger partial charge on any atom is -0.461 e. The number of unbranched alkanes of at least 4 members (excludes halogenated alkanes) is 27. The lowest BCUT2D eigenvalue weighted by molar-refractivity contribution is -0.128. The van der Waals surface area contributed by atoms with Crippen molar-refractivity contribution in [3.05, 3.63) is 47.0 Å². The van der Waals surface area contributed by atoms with Gasteiger partial charge in [-0.05, 0) is 61.5 Å². The summed E-state index contributed by atoms with van der Waals surface area (Å²) in [6.45, 7) is 9.88. The Morgan fingerprint density at radius 3 is 1.79 bits per heavy atom. The molecule has 2 heterocycles. The van der Waals surface area contributed by atoms with Crippen LogP contribution in [-0.4, -0.2) is 69.6 Å². The van der Waals surface area contributed by atoms with E-state index in [0.717, 1.165) is 49.0 Å². The Morgan fingerprint density at radius 1 is 0.731 bits per heavy atom. The summed E-state index contributed by atoms with van der Waals surface area (Å²) in [5.41, 5.74) is 1.90. The van der Waals surface area contributed by atoms with Crippen LogP contribution in [0.25, 0.3) is 0 Å². The van der Waals surface area contributed by atoms with Crippen LogP contribution in [0.1, 0.15) is 249 Å². The van der Waals surface area contributed by atoms with Gasteiger partial charge in [-0.25, -0.2) is 9.78 Å². The predicted molar refractivity (Wildman–Crippen MR) is 311 cm³/mol. The Kier molecular flexibility index (Phi) is 51.6. The number of benzene rings is 1. The van der Waals surface area contributed by atoms with Gasteiger partial charge in [0.05, 0.1) is 6.61 Å². The number of rotatable bonds is 42. The molecule has 1 aromatic carbocycles. The number of aromatic nitrogens is 1. The van der Waals surface area contributed by atoms with Crippen molar-refractivity contribution < 1.29 is 14.3 Å². The molecule has 1 amide bonds. The summed E-state index contributed by atoms with van der Waals surface area (Å²) in [5.74, 6) is 0.730.